The van der Waals surface area contributed by atoms with Crippen LogP contribution in [0.2, 0.25) is 0 Å². The molecule has 1 aromatic rings. The Bertz CT molecular complexity index is 431. The minimum Gasteiger partial charge on any atom is -0.330 e. The molecule has 1 aromatic carbocycles. The molecule has 0 aliphatic carbocycles. The molecule has 0 fully saturated rings. The molecule has 2 N–H and O–H groups in total. The molecule has 20 heavy (non-hydrogen) atoms. The minimum absolute atomic E-state index is 0.209. The van der Waals surface area contributed by atoms with Crippen LogP contribution in [0.4, 0.5) is 0 Å². The van der Waals surface area contributed by atoms with Crippen LogP contribution in [0.3, 0.4) is 0 Å². The Hall–Kier alpha value is -0.510. The molecule has 1 atom stereocenters. The van der Waals surface area contributed by atoms with E-state index in [-0.39, 0.29) is 5.41 Å². The first-order valence-corrected chi connectivity index (χ1v) is 8.68. The molecule has 0 spiro atoms. The fourth-order valence-corrected chi connectivity index (χ4v) is 4.16. The number of hydrogen-bond donors (Lipinski definition) is 1. The maximum atomic E-state index is 5.90. The van der Waals surface area contributed by atoms with Crippen LogP contribution in [-0.2, 0) is 0 Å². The quantitative estimate of drug-likeness (QED) is 0.833. The summed E-state index contributed by atoms with van der Waals surface area (Å²) in [5.74, 6) is 1.90. The molecule has 0 saturated heterocycles. The summed E-state index contributed by atoms with van der Waals surface area (Å²) in [6.07, 6.45) is 1.21. The summed E-state index contributed by atoms with van der Waals surface area (Å²) in [6, 6.07) is 8.88. The molecule has 0 amide bonds. The average Bonchev–Trinajstić information content (AvgIpc) is 2.82. The normalized spacial score (nSPS) is 18.6. The van der Waals surface area contributed by atoms with Gasteiger partial charge in [0.05, 0.1) is 0 Å². The number of thioether (sulfide) groups is 1. The Kier molecular flexibility index (Phi) is 5.53. The highest BCUT2D eigenvalue weighted by molar-refractivity contribution is 7.99. The van der Waals surface area contributed by atoms with Crippen LogP contribution in [0.25, 0.3) is 0 Å². The van der Waals surface area contributed by atoms with Gasteiger partial charge in [0.25, 0.3) is 0 Å². The maximum Gasteiger partial charge on any atom is 0.0108 e. The Labute approximate surface area is 128 Å². The van der Waals surface area contributed by atoms with Crippen LogP contribution in [0.1, 0.15) is 38.7 Å². The molecule has 1 unspecified atom stereocenters. The summed E-state index contributed by atoms with van der Waals surface area (Å²) in [5, 5.41) is 0. The van der Waals surface area contributed by atoms with Gasteiger partial charge < -0.3 is 10.6 Å². The second-order valence-electron chi connectivity index (χ2n) is 6.65. The van der Waals surface area contributed by atoms with Crippen LogP contribution in [-0.4, -0.2) is 36.8 Å². The second-order valence-corrected chi connectivity index (χ2v) is 7.71. The van der Waals surface area contributed by atoms with E-state index in [1.54, 1.807) is 5.56 Å². The van der Waals surface area contributed by atoms with Gasteiger partial charge in [-0.25, -0.2) is 0 Å². The molecule has 112 valence electrons. The number of nitrogens with zero attached hydrogens (tertiary/aromatic N) is 1. The lowest BCUT2D eigenvalue weighted by Gasteiger charge is -2.33. The number of rotatable bonds is 7. The van der Waals surface area contributed by atoms with Crippen molar-refractivity contribution in [1.29, 1.82) is 0 Å². The third kappa shape index (κ3) is 4.00. The summed E-state index contributed by atoms with van der Waals surface area (Å²) in [7, 11) is 0. The van der Waals surface area contributed by atoms with Crippen molar-refractivity contribution in [1.82, 2.24) is 4.90 Å². The lowest BCUT2D eigenvalue weighted by Crippen LogP contribution is -2.41. The van der Waals surface area contributed by atoms with Crippen LogP contribution in [0.5, 0.6) is 0 Å². The van der Waals surface area contributed by atoms with E-state index in [2.05, 4.69) is 49.9 Å². The molecule has 1 heterocycles. The van der Waals surface area contributed by atoms with Crippen LogP contribution in [0.15, 0.2) is 29.2 Å². The molecule has 0 saturated carbocycles. The SMILES string of the molecule is CCCN(CC1CSc2ccccc21)CC(C)(C)CN. The van der Waals surface area contributed by atoms with E-state index < -0.39 is 0 Å². The number of nitrogens with two attached hydrogens (primary N) is 1. The predicted molar refractivity (Wildman–Crippen MR) is 89.5 cm³/mol. The molecule has 3 heteroatoms. The van der Waals surface area contributed by atoms with E-state index in [0.717, 1.165) is 13.1 Å². The van der Waals surface area contributed by atoms with Crippen LogP contribution >= 0.6 is 11.8 Å². The zero-order chi connectivity index (χ0) is 14.6. The van der Waals surface area contributed by atoms with Crippen LogP contribution in [0, 0.1) is 5.41 Å². The fraction of sp³-hybridized carbons (Fsp3) is 0.647. The molecule has 0 radical (unpaired) electrons. The molecule has 0 bridgehead atoms. The van der Waals surface area contributed by atoms with Gasteiger partial charge in [-0.1, -0.05) is 39.0 Å². The smallest absolute Gasteiger partial charge is 0.0108 e. The van der Waals surface area contributed by atoms with Gasteiger partial charge in [-0.2, -0.15) is 0 Å². The van der Waals surface area contributed by atoms with E-state index in [0.29, 0.717) is 5.92 Å². The molecule has 2 rings (SSSR count). The summed E-state index contributed by atoms with van der Waals surface area (Å²) in [5.41, 5.74) is 7.66. The van der Waals surface area contributed by atoms with Gasteiger partial charge in [-0.15, -0.1) is 11.8 Å². The zero-order valence-corrected chi connectivity index (χ0v) is 13.9. The van der Waals surface area contributed by atoms with Crippen LogP contribution < -0.4 is 5.73 Å². The third-order valence-corrected chi connectivity index (χ3v) is 5.27. The van der Waals surface area contributed by atoms with Crippen molar-refractivity contribution >= 4 is 11.8 Å². The van der Waals surface area contributed by atoms with Gasteiger partial charge in [-0.3, -0.25) is 0 Å². The van der Waals surface area contributed by atoms with Gasteiger partial charge in [0.1, 0.15) is 0 Å². The summed E-state index contributed by atoms with van der Waals surface area (Å²) in [4.78, 5) is 4.09. The predicted octanol–water partition coefficient (Wildman–Crippen LogP) is 3.57. The average molecular weight is 292 g/mol. The van der Waals surface area contributed by atoms with Gasteiger partial charge >= 0.3 is 0 Å². The first-order valence-electron chi connectivity index (χ1n) is 7.70. The summed E-state index contributed by atoms with van der Waals surface area (Å²) >= 11 is 2.01. The lowest BCUT2D eigenvalue weighted by atomic mass is 9.92. The molecule has 1 aliphatic heterocycles. The highest BCUT2D eigenvalue weighted by Gasteiger charge is 2.27. The highest BCUT2D eigenvalue weighted by Crippen LogP contribution is 2.39. The first-order chi connectivity index (χ1) is 9.55. The first kappa shape index (κ1) is 15.9. The van der Waals surface area contributed by atoms with E-state index >= 15 is 0 Å². The number of benzene rings is 1. The summed E-state index contributed by atoms with van der Waals surface area (Å²) < 4.78 is 0. The van der Waals surface area contributed by atoms with E-state index in [1.807, 2.05) is 11.8 Å². The molecular formula is C17H28N2S. The van der Waals surface area contributed by atoms with E-state index in [1.165, 1.54) is 30.2 Å². The number of fused-ring (bicyclic) bond motifs is 1. The molecule has 0 aromatic heterocycles. The standard InChI is InChI=1S/C17H28N2S/c1-4-9-19(13-17(2,3)12-18)10-14-11-20-16-8-6-5-7-15(14)16/h5-8,14H,4,9-13,18H2,1-3H3. The maximum absolute atomic E-state index is 5.90. The topological polar surface area (TPSA) is 29.3 Å². The van der Waals surface area contributed by atoms with Crippen molar-refractivity contribution in [2.45, 2.75) is 38.0 Å². The largest absolute Gasteiger partial charge is 0.330 e. The van der Waals surface area contributed by atoms with Crippen molar-refractivity contribution in [2.75, 3.05) is 31.9 Å². The molecular weight excluding hydrogens is 264 g/mol. The van der Waals surface area contributed by atoms with E-state index in [9.17, 15) is 0 Å². The second kappa shape index (κ2) is 6.97. The highest BCUT2D eigenvalue weighted by atomic mass is 32.2. The number of hydrogen-bond acceptors (Lipinski definition) is 3. The van der Waals surface area contributed by atoms with Crippen molar-refractivity contribution in [3.63, 3.8) is 0 Å². The molecule has 2 nitrogen and oxygen atoms in total. The third-order valence-electron chi connectivity index (χ3n) is 4.02. The Balaban J connectivity index is 2.02. The van der Waals surface area contributed by atoms with Crippen molar-refractivity contribution in [2.24, 2.45) is 11.1 Å². The summed E-state index contributed by atoms with van der Waals surface area (Å²) in [6.45, 7) is 11.0. The van der Waals surface area contributed by atoms with Crippen molar-refractivity contribution in [3.05, 3.63) is 29.8 Å². The Morgan fingerprint density at radius 2 is 2.10 bits per heavy atom. The van der Waals surface area contributed by atoms with Gasteiger partial charge in [-0.05, 0) is 36.6 Å². The van der Waals surface area contributed by atoms with Gasteiger partial charge in [0.15, 0.2) is 0 Å². The minimum atomic E-state index is 0.209. The van der Waals surface area contributed by atoms with Gasteiger partial charge in [0.2, 0.25) is 0 Å². The lowest BCUT2D eigenvalue weighted by molar-refractivity contribution is 0.176. The Morgan fingerprint density at radius 1 is 1.35 bits per heavy atom. The van der Waals surface area contributed by atoms with Crippen molar-refractivity contribution < 1.29 is 0 Å². The molecule has 1 aliphatic rings. The Morgan fingerprint density at radius 3 is 2.80 bits per heavy atom. The van der Waals surface area contributed by atoms with E-state index in [4.69, 9.17) is 5.73 Å². The fourth-order valence-electron chi connectivity index (χ4n) is 2.91. The zero-order valence-electron chi connectivity index (χ0n) is 13.1. The monoisotopic (exact) mass is 292 g/mol. The van der Waals surface area contributed by atoms with Crippen molar-refractivity contribution in [3.8, 4) is 0 Å². The van der Waals surface area contributed by atoms with Gasteiger partial charge in [0, 0.05) is 29.7 Å².